The number of ether oxygens (including phenoxy) is 1. The smallest absolute Gasteiger partial charge is 0.136 e. The van der Waals surface area contributed by atoms with Crippen molar-refractivity contribution in [1.29, 1.82) is 5.26 Å². The molecule has 4 nitrogen and oxygen atoms in total. The van der Waals surface area contributed by atoms with Gasteiger partial charge in [-0.3, -0.25) is 4.90 Å². The molecule has 2 rings (SSSR count). The number of methoxy groups -OCH3 is 1. The first-order valence-electron chi connectivity index (χ1n) is 5.70. The molecular formula is C13H16N2O2. The zero-order chi connectivity index (χ0) is 12.3. The summed E-state index contributed by atoms with van der Waals surface area (Å²) in [6.07, 6.45) is 0.642. The number of hydrogen-bond donors (Lipinski definition) is 1. The zero-order valence-electron chi connectivity index (χ0n) is 9.89. The number of rotatable bonds is 3. The molecule has 1 aromatic rings. The molecule has 4 heteroatoms. The van der Waals surface area contributed by atoms with Gasteiger partial charge in [-0.15, -0.1) is 0 Å². The number of β-amino-alcohol motifs (C(OH)–C–C–N with tert-alkyl or cyclic N) is 1. The van der Waals surface area contributed by atoms with Crippen LogP contribution in [0.15, 0.2) is 18.2 Å². The Hall–Kier alpha value is -1.57. The van der Waals surface area contributed by atoms with Crippen molar-refractivity contribution < 1.29 is 9.84 Å². The predicted octanol–water partition coefficient (Wildman–Crippen LogP) is 1.13. The van der Waals surface area contributed by atoms with Gasteiger partial charge < -0.3 is 9.84 Å². The summed E-state index contributed by atoms with van der Waals surface area (Å²) in [7, 11) is 1.57. The van der Waals surface area contributed by atoms with Crippen LogP contribution in [0.5, 0.6) is 5.75 Å². The first-order valence-corrected chi connectivity index (χ1v) is 5.70. The van der Waals surface area contributed by atoms with Crippen LogP contribution in [0.2, 0.25) is 0 Å². The number of nitriles is 1. The van der Waals surface area contributed by atoms with Gasteiger partial charge in [0.25, 0.3) is 0 Å². The SMILES string of the molecule is COc1cc(CN2CC[C@H](O)C2)ccc1C#N. The van der Waals surface area contributed by atoms with Gasteiger partial charge in [0.2, 0.25) is 0 Å². The second-order valence-electron chi connectivity index (χ2n) is 4.32. The summed E-state index contributed by atoms with van der Waals surface area (Å²) < 4.78 is 5.17. The number of aliphatic hydroxyl groups is 1. The first kappa shape index (κ1) is 11.9. The van der Waals surface area contributed by atoms with Gasteiger partial charge in [-0.1, -0.05) is 6.07 Å². The maximum absolute atomic E-state index is 9.45. The summed E-state index contributed by atoms with van der Waals surface area (Å²) in [5, 5.41) is 18.3. The van der Waals surface area contributed by atoms with E-state index in [2.05, 4.69) is 11.0 Å². The van der Waals surface area contributed by atoms with E-state index in [1.807, 2.05) is 12.1 Å². The van der Waals surface area contributed by atoms with Gasteiger partial charge >= 0.3 is 0 Å². The highest BCUT2D eigenvalue weighted by Gasteiger charge is 2.20. The van der Waals surface area contributed by atoms with Crippen molar-refractivity contribution in [2.45, 2.75) is 19.1 Å². The van der Waals surface area contributed by atoms with E-state index < -0.39 is 0 Å². The molecule has 1 fully saturated rings. The molecule has 0 aliphatic carbocycles. The number of hydrogen-bond acceptors (Lipinski definition) is 4. The third-order valence-corrected chi connectivity index (χ3v) is 3.04. The molecule has 1 heterocycles. The molecule has 1 aliphatic heterocycles. The molecule has 0 unspecified atom stereocenters. The maximum Gasteiger partial charge on any atom is 0.136 e. The van der Waals surface area contributed by atoms with Crippen LogP contribution in [-0.4, -0.2) is 36.3 Å². The molecular weight excluding hydrogens is 216 g/mol. The highest BCUT2D eigenvalue weighted by atomic mass is 16.5. The second-order valence-corrected chi connectivity index (χ2v) is 4.32. The minimum atomic E-state index is -0.199. The van der Waals surface area contributed by atoms with Gasteiger partial charge in [0.1, 0.15) is 11.8 Å². The lowest BCUT2D eigenvalue weighted by Gasteiger charge is -2.15. The molecule has 1 N–H and O–H groups in total. The molecule has 1 atom stereocenters. The Morgan fingerprint density at radius 1 is 1.59 bits per heavy atom. The normalized spacial score (nSPS) is 20.2. The number of benzene rings is 1. The summed E-state index contributed by atoms with van der Waals surface area (Å²) >= 11 is 0. The Morgan fingerprint density at radius 2 is 2.41 bits per heavy atom. The number of nitrogens with zero attached hydrogens (tertiary/aromatic N) is 2. The average molecular weight is 232 g/mol. The summed E-state index contributed by atoms with van der Waals surface area (Å²) in [6, 6.07) is 7.70. The van der Waals surface area contributed by atoms with Gasteiger partial charge in [-0.2, -0.15) is 5.26 Å². The minimum Gasteiger partial charge on any atom is -0.495 e. The van der Waals surface area contributed by atoms with E-state index in [1.54, 1.807) is 13.2 Å². The fourth-order valence-corrected chi connectivity index (χ4v) is 2.14. The third kappa shape index (κ3) is 2.76. The fraction of sp³-hybridized carbons (Fsp3) is 0.462. The van der Waals surface area contributed by atoms with Crippen LogP contribution in [0.3, 0.4) is 0 Å². The van der Waals surface area contributed by atoms with Crippen LogP contribution in [0.4, 0.5) is 0 Å². The van der Waals surface area contributed by atoms with Crippen LogP contribution in [0.1, 0.15) is 17.5 Å². The summed E-state index contributed by atoms with van der Waals surface area (Å²) in [5.41, 5.74) is 1.66. The predicted molar refractivity (Wildman–Crippen MR) is 63.6 cm³/mol. The van der Waals surface area contributed by atoms with Gasteiger partial charge in [-0.05, 0) is 24.1 Å². The first-order chi connectivity index (χ1) is 8.22. The van der Waals surface area contributed by atoms with E-state index in [0.717, 1.165) is 31.6 Å². The van der Waals surface area contributed by atoms with E-state index in [0.29, 0.717) is 11.3 Å². The van der Waals surface area contributed by atoms with Crippen molar-refractivity contribution in [2.75, 3.05) is 20.2 Å². The van der Waals surface area contributed by atoms with Gasteiger partial charge in [0, 0.05) is 19.6 Å². The third-order valence-electron chi connectivity index (χ3n) is 3.04. The molecule has 1 aromatic carbocycles. The zero-order valence-corrected chi connectivity index (χ0v) is 9.89. The van der Waals surface area contributed by atoms with Gasteiger partial charge in [0.05, 0.1) is 18.8 Å². The Kier molecular flexibility index (Phi) is 3.62. The lowest BCUT2D eigenvalue weighted by molar-refractivity contribution is 0.175. The molecule has 0 spiro atoms. The summed E-state index contributed by atoms with van der Waals surface area (Å²) in [4.78, 5) is 2.20. The van der Waals surface area contributed by atoms with Crippen molar-refractivity contribution in [2.24, 2.45) is 0 Å². The summed E-state index contributed by atoms with van der Waals surface area (Å²) in [6.45, 7) is 2.44. The monoisotopic (exact) mass is 232 g/mol. The Labute approximate surface area is 101 Å². The van der Waals surface area contributed by atoms with E-state index in [9.17, 15) is 5.11 Å². The topological polar surface area (TPSA) is 56.5 Å². The quantitative estimate of drug-likeness (QED) is 0.849. The number of aliphatic hydroxyl groups excluding tert-OH is 1. The molecule has 0 amide bonds. The van der Waals surface area contributed by atoms with Crippen LogP contribution < -0.4 is 4.74 Å². The largest absolute Gasteiger partial charge is 0.495 e. The molecule has 0 radical (unpaired) electrons. The summed E-state index contributed by atoms with van der Waals surface area (Å²) in [5.74, 6) is 0.616. The second kappa shape index (κ2) is 5.17. The fourth-order valence-electron chi connectivity index (χ4n) is 2.14. The van der Waals surface area contributed by atoms with E-state index in [4.69, 9.17) is 10.00 Å². The average Bonchev–Trinajstić information content (AvgIpc) is 2.74. The van der Waals surface area contributed by atoms with Crippen molar-refractivity contribution >= 4 is 0 Å². The molecule has 90 valence electrons. The van der Waals surface area contributed by atoms with Crippen LogP contribution >= 0.6 is 0 Å². The van der Waals surface area contributed by atoms with Crippen LogP contribution in [0.25, 0.3) is 0 Å². The number of likely N-dealkylation sites (tertiary alicyclic amines) is 1. The molecule has 0 saturated carbocycles. The van der Waals surface area contributed by atoms with E-state index >= 15 is 0 Å². The van der Waals surface area contributed by atoms with Crippen molar-refractivity contribution in [1.82, 2.24) is 4.90 Å². The molecule has 17 heavy (non-hydrogen) atoms. The minimum absolute atomic E-state index is 0.199. The maximum atomic E-state index is 9.45. The molecule has 1 saturated heterocycles. The lowest BCUT2D eigenvalue weighted by Crippen LogP contribution is -2.21. The molecule has 0 aromatic heterocycles. The van der Waals surface area contributed by atoms with Gasteiger partial charge in [0.15, 0.2) is 0 Å². The van der Waals surface area contributed by atoms with E-state index in [-0.39, 0.29) is 6.10 Å². The van der Waals surface area contributed by atoms with E-state index in [1.165, 1.54) is 0 Å². The van der Waals surface area contributed by atoms with Gasteiger partial charge in [-0.25, -0.2) is 0 Å². The molecule has 1 aliphatic rings. The Bertz CT molecular complexity index is 440. The highest BCUT2D eigenvalue weighted by Crippen LogP contribution is 2.21. The Balaban J connectivity index is 2.09. The van der Waals surface area contributed by atoms with Crippen molar-refractivity contribution in [3.63, 3.8) is 0 Å². The van der Waals surface area contributed by atoms with Crippen LogP contribution in [0, 0.1) is 11.3 Å². The Morgan fingerprint density at radius 3 is 3.00 bits per heavy atom. The lowest BCUT2D eigenvalue weighted by atomic mass is 10.1. The standard InChI is InChI=1S/C13H16N2O2/c1-17-13-6-10(2-3-11(13)7-14)8-15-5-4-12(16)9-15/h2-3,6,12,16H,4-5,8-9H2,1H3/t12-/m0/s1. The highest BCUT2D eigenvalue weighted by molar-refractivity contribution is 5.45. The van der Waals surface area contributed by atoms with Crippen molar-refractivity contribution in [3.8, 4) is 11.8 Å². The van der Waals surface area contributed by atoms with Crippen LogP contribution in [-0.2, 0) is 6.54 Å². The van der Waals surface area contributed by atoms with Crippen molar-refractivity contribution in [3.05, 3.63) is 29.3 Å². The molecule has 0 bridgehead atoms.